The van der Waals surface area contributed by atoms with Gasteiger partial charge in [-0.3, -0.25) is 0 Å². The number of aromatic nitrogens is 3. The minimum atomic E-state index is 0.486. The van der Waals surface area contributed by atoms with Gasteiger partial charge in [0.1, 0.15) is 23.9 Å². The van der Waals surface area contributed by atoms with Crippen molar-refractivity contribution in [2.24, 2.45) is 5.92 Å². The van der Waals surface area contributed by atoms with Crippen molar-refractivity contribution in [3.05, 3.63) is 66.9 Å². The van der Waals surface area contributed by atoms with E-state index in [2.05, 4.69) is 42.0 Å². The Labute approximate surface area is 191 Å². The Balaban J connectivity index is 0.00000119. The molecule has 0 N–H and O–H groups in total. The van der Waals surface area contributed by atoms with Crippen molar-refractivity contribution in [2.45, 2.75) is 46.3 Å². The SMILES string of the molecule is C=C/C=C1\C(=C)OCc2cn(-c3ccc(N4CCC5CN(CC)CCC54)nc3)nc21.CC. The zero-order valence-electron chi connectivity index (χ0n) is 19.6. The number of hydrogen-bond acceptors (Lipinski definition) is 5. The molecule has 6 heteroatoms. The Hall–Kier alpha value is -2.86. The number of pyridine rings is 1. The first-order valence-corrected chi connectivity index (χ1v) is 11.9. The average molecular weight is 434 g/mol. The molecule has 5 rings (SSSR count). The third kappa shape index (κ3) is 4.11. The maximum atomic E-state index is 5.68. The van der Waals surface area contributed by atoms with Gasteiger partial charge in [0.05, 0.1) is 11.9 Å². The molecule has 3 aliphatic heterocycles. The molecule has 2 aromatic heterocycles. The first-order valence-electron chi connectivity index (χ1n) is 11.9. The van der Waals surface area contributed by atoms with Crippen LogP contribution in [0.5, 0.6) is 0 Å². The first kappa shape index (κ1) is 22.3. The van der Waals surface area contributed by atoms with Crippen LogP contribution < -0.4 is 4.90 Å². The van der Waals surface area contributed by atoms with Gasteiger partial charge in [0.2, 0.25) is 0 Å². The summed E-state index contributed by atoms with van der Waals surface area (Å²) in [7, 11) is 0. The topological polar surface area (TPSA) is 46.4 Å². The van der Waals surface area contributed by atoms with Gasteiger partial charge in [0.25, 0.3) is 0 Å². The molecule has 0 bridgehead atoms. The number of piperidine rings is 1. The number of hydrogen-bond donors (Lipinski definition) is 0. The molecular weight excluding hydrogens is 398 g/mol. The number of fused-ring (bicyclic) bond motifs is 2. The summed E-state index contributed by atoms with van der Waals surface area (Å²) in [6.07, 6.45) is 10.1. The summed E-state index contributed by atoms with van der Waals surface area (Å²) in [5, 5.41) is 4.78. The molecule has 0 aliphatic carbocycles. The first-order chi connectivity index (χ1) is 15.7. The van der Waals surface area contributed by atoms with Crippen LogP contribution in [-0.2, 0) is 11.3 Å². The lowest BCUT2D eigenvalue weighted by Gasteiger charge is -2.37. The Morgan fingerprint density at radius 2 is 2.06 bits per heavy atom. The maximum Gasteiger partial charge on any atom is 0.128 e. The van der Waals surface area contributed by atoms with Crippen molar-refractivity contribution in [1.82, 2.24) is 19.7 Å². The van der Waals surface area contributed by atoms with Crippen LogP contribution >= 0.6 is 0 Å². The van der Waals surface area contributed by atoms with E-state index >= 15 is 0 Å². The normalized spacial score (nSPS) is 23.8. The van der Waals surface area contributed by atoms with Crippen molar-refractivity contribution in [3.63, 3.8) is 0 Å². The number of anilines is 1. The Kier molecular flexibility index (Phi) is 6.80. The van der Waals surface area contributed by atoms with E-state index in [1.807, 2.05) is 37.0 Å². The summed E-state index contributed by atoms with van der Waals surface area (Å²) in [4.78, 5) is 9.91. The summed E-state index contributed by atoms with van der Waals surface area (Å²) in [6.45, 7) is 19.2. The molecule has 0 spiro atoms. The van der Waals surface area contributed by atoms with Crippen LogP contribution in [0.15, 0.2) is 55.6 Å². The zero-order chi connectivity index (χ0) is 22.7. The molecule has 32 heavy (non-hydrogen) atoms. The standard InChI is InChI=1S/C24H29N5O.C2H6/c1-4-6-21-17(3)30-16-19-15-29(26-24(19)21)20-7-8-23(25-13-20)28-12-9-18-14-27(5-2)11-10-22(18)28;1-2/h4,6-8,13,15,18,22H,1,3,5,9-12,14,16H2,2H3;1-2H3/b21-6+;. The van der Waals surface area contributed by atoms with E-state index in [1.165, 1.54) is 25.9 Å². The molecule has 2 unspecified atom stereocenters. The molecule has 2 aromatic rings. The summed E-state index contributed by atoms with van der Waals surface area (Å²) >= 11 is 0. The second-order valence-electron chi connectivity index (χ2n) is 8.34. The predicted molar refractivity (Wildman–Crippen MR) is 131 cm³/mol. The zero-order valence-corrected chi connectivity index (χ0v) is 19.6. The molecule has 2 atom stereocenters. The summed E-state index contributed by atoms with van der Waals surface area (Å²) in [6, 6.07) is 4.88. The van der Waals surface area contributed by atoms with Crippen LogP contribution in [0.3, 0.4) is 0 Å². The number of ether oxygens (including phenoxy) is 1. The summed E-state index contributed by atoms with van der Waals surface area (Å²) in [5.74, 6) is 2.48. The summed E-state index contributed by atoms with van der Waals surface area (Å²) in [5.41, 5.74) is 3.79. The molecule has 0 amide bonds. The van der Waals surface area contributed by atoms with E-state index < -0.39 is 0 Å². The molecule has 170 valence electrons. The quantitative estimate of drug-likeness (QED) is 0.691. The fraction of sp³-hybridized carbons (Fsp3) is 0.462. The molecule has 2 fully saturated rings. The molecule has 5 heterocycles. The fourth-order valence-corrected chi connectivity index (χ4v) is 5.05. The third-order valence-electron chi connectivity index (χ3n) is 6.69. The van der Waals surface area contributed by atoms with Crippen LogP contribution in [0, 0.1) is 5.92 Å². The minimum absolute atomic E-state index is 0.486. The molecule has 0 saturated carbocycles. The van der Waals surface area contributed by atoms with E-state index in [0.29, 0.717) is 18.4 Å². The van der Waals surface area contributed by atoms with Gasteiger partial charge in [-0.15, -0.1) is 0 Å². The smallest absolute Gasteiger partial charge is 0.128 e. The fourth-order valence-electron chi connectivity index (χ4n) is 5.05. The van der Waals surface area contributed by atoms with Gasteiger partial charge < -0.3 is 14.5 Å². The highest BCUT2D eigenvalue weighted by Crippen LogP contribution is 2.35. The lowest BCUT2D eigenvalue weighted by molar-refractivity contribution is 0.176. The van der Waals surface area contributed by atoms with E-state index in [9.17, 15) is 0 Å². The average Bonchev–Trinajstić information content (AvgIpc) is 3.46. The van der Waals surface area contributed by atoms with Gasteiger partial charge in [-0.2, -0.15) is 5.10 Å². The molecule has 3 aliphatic rings. The van der Waals surface area contributed by atoms with Crippen LogP contribution in [0.4, 0.5) is 5.82 Å². The van der Waals surface area contributed by atoms with Crippen molar-refractivity contribution in [2.75, 3.05) is 31.1 Å². The lowest BCUT2D eigenvalue weighted by atomic mass is 9.93. The predicted octanol–water partition coefficient (Wildman–Crippen LogP) is 4.83. The number of rotatable bonds is 4. The van der Waals surface area contributed by atoms with Crippen molar-refractivity contribution >= 4 is 11.4 Å². The van der Waals surface area contributed by atoms with E-state index in [0.717, 1.165) is 47.3 Å². The van der Waals surface area contributed by atoms with Crippen LogP contribution in [-0.4, -0.2) is 51.9 Å². The second kappa shape index (κ2) is 9.74. The van der Waals surface area contributed by atoms with Crippen molar-refractivity contribution < 1.29 is 4.74 Å². The Bertz CT molecular complexity index is 990. The van der Waals surface area contributed by atoms with Gasteiger partial charge in [-0.25, -0.2) is 9.67 Å². The van der Waals surface area contributed by atoms with Crippen LogP contribution in [0.2, 0.25) is 0 Å². The van der Waals surface area contributed by atoms with E-state index in [-0.39, 0.29) is 0 Å². The van der Waals surface area contributed by atoms with E-state index in [4.69, 9.17) is 14.8 Å². The van der Waals surface area contributed by atoms with Gasteiger partial charge in [0.15, 0.2) is 0 Å². The molecule has 2 saturated heterocycles. The number of allylic oxidation sites excluding steroid dienone is 3. The van der Waals surface area contributed by atoms with Crippen molar-refractivity contribution in [1.29, 1.82) is 0 Å². The highest BCUT2D eigenvalue weighted by Gasteiger charge is 2.38. The largest absolute Gasteiger partial charge is 0.489 e. The summed E-state index contributed by atoms with van der Waals surface area (Å²) < 4.78 is 7.56. The van der Waals surface area contributed by atoms with Gasteiger partial charge >= 0.3 is 0 Å². The van der Waals surface area contributed by atoms with Crippen molar-refractivity contribution in [3.8, 4) is 5.69 Å². The number of likely N-dealkylation sites (tertiary alicyclic amines) is 1. The highest BCUT2D eigenvalue weighted by molar-refractivity contribution is 5.78. The second-order valence-corrected chi connectivity index (χ2v) is 8.34. The highest BCUT2D eigenvalue weighted by atomic mass is 16.5. The van der Waals surface area contributed by atoms with Crippen LogP contribution in [0.25, 0.3) is 11.3 Å². The third-order valence-corrected chi connectivity index (χ3v) is 6.69. The van der Waals surface area contributed by atoms with Gasteiger partial charge in [0, 0.05) is 43.0 Å². The van der Waals surface area contributed by atoms with Gasteiger partial charge in [-0.1, -0.05) is 40.0 Å². The maximum absolute atomic E-state index is 5.68. The Morgan fingerprint density at radius 3 is 2.78 bits per heavy atom. The van der Waals surface area contributed by atoms with Gasteiger partial charge in [-0.05, 0) is 43.5 Å². The monoisotopic (exact) mass is 433 g/mol. The molecule has 6 nitrogen and oxygen atoms in total. The molecule has 0 aromatic carbocycles. The Morgan fingerprint density at radius 1 is 1.22 bits per heavy atom. The van der Waals surface area contributed by atoms with E-state index in [1.54, 1.807) is 6.08 Å². The molecule has 0 radical (unpaired) electrons. The lowest BCUT2D eigenvalue weighted by Crippen LogP contribution is -2.46. The molecular formula is C26H35N5O. The van der Waals surface area contributed by atoms with Crippen LogP contribution in [0.1, 0.15) is 44.9 Å². The number of nitrogens with zero attached hydrogens (tertiary/aromatic N) is 5. The minimum Gasteiger partial charge on any atom is -0.489 e.